The lowest BCUT2D eigenvalue weighted by Crippen LogP contribution is -2.23. The molecule has 0 aromatic carbocycles. The molecule has 0 aromatic heterocycles. The molecule has 4 heteroatoms. The fourth-order valence-electron chi connectivity index (χ4n) is 0.501. The highest BCUT2D eigenvalue weighted by Gasteiger charge is 2.18. The van der Waals surface area contributed by atoms with E-state index in [2.05, 4.69) is 4.74 Å². The van der Waals surface area contributed by atoms with Gasteiger partial charge in [-0.15, -0.1) is 0 Å². The van der Waals surface area contributed by atoms with Crippen LogP contribution in [0.5, 0.6) is 0 Å². The molecule has 11 heavy (non-hydrogen) atoms. The molecule has 0 heterocycles. The largest absolute Gasteiger partial charge is 0.446 e. The molecular weight excluding hydrogens is 146 g/mol. The second kappa shape index (κ2) is 4.45. The van der Waals surface area contributed by atoms with Crippen LogP contribution in [-0.2, 0) is 14.3 Å². The molecule has 2 atom stereocenters. The zero-order valence-electron chi connectivity index (χ0n) is 6.40. The Labute approximate surface area is 64.8 Å². The summed E-state index contributed by atoms with van der Waals surface area (Å²) in [4.78, 5) is 20.5. The molecule has 0 aromatic rings. The van der Waals surface area contributed by atoms with Crippen LogP contribution in [0.1, 0.15) is 13.8 Å². The second-order valence-corrected chi connectivity index (χ2v) is 2.15. The van der Waals surface area contributed by atoms with Gasteiger partial charge in [0.2, 0.25) is 0 Å². The summed E-state index contributed by atoms with van der Waals surface area (Å²) in [6, 6.07) is 1.71. The van der Waals surface area contributed by atoms with E-state index in [-0.39, 0.29) is 0 Å². The molecule has 0 aliphatic rings. The predicted octanol–water partition coefficient (Wildman–Crippen LogP) is 0.277. The van der Waals surface area contributed by atoms with Crippen molar-refractivity contribution in [3.05, 3.63) is 0 Å². The standard InChI is InChI=1S/C7H9NO3/c1-5(4-9)7(3-8)11-6(2)10/h4-5,7H,1-2H3. The van der Waals surface area contributed by atoms with Crippen LogP contribution in [0.15, 0.2) is 0 Å². The van der Waals surface area contributed by atoms with Gasteiger partial charge in [0.05, 0.1) is 5.92 Å². The van der Waals surface area contributed by atoms with Gasteiger partial charge in [0.25, 0.3) is 0 Å². The molecule has 0 bridgehead atoms. The third-order valence-electron chi connectivity index (χ3n) is 1.11. The zero-order valence-corrected chi connectivity index (χ0v) is 6.40. The molecule has 0 amide bonds. The Morgan fingerprint density at radius 1 is 1.73 bits per heavy atom. The van der Waals surface area contributed by atoms with Crippen molar-refractivity contribution in [2.75, 3.05) is 0 Å². The molecule has 0 aliphatic carbocycles. The van der Waals surface area contributed by atoms with Gasteiger partial charge >= 0.3 is 5.97 Å². The van der Waals surface area contributed by atoms with Gasteiger partial charge in [-0.3, -0.25) is 4.79 Å². The van der Waals surface area contributed by atoms with E-state index >= 15 is 0 Å². The normalized spacial score (nSPS) is 14.3. The molecule has 0 N–H and O–H groups in total. The van der Waals surface area contributed by atoms with Crippen molar-refractivity contribution >= 4 is 12.3 Å². The highest BCUT2D eigenvalue weighted by molar-refractivity contribution is 5.67. The smallest absolute Gasteiger partial charge is 0.303 e. The average molecular weight is 155 g/mol. The van der Waals surface area contributed by atoms with Gasteiger partial charge in [-0.25, -0.2) is 0 Å². The first-order chi connectivity index (χ1) is 5.11. The van der Waals surface area contributed by atoms with Crippen LogP contribution in [0.4, 0.5) is 0 Å². The van der Waals surface area contributed by atoms with E-state index in [1.54, 1.807) is 6.07 Å². The van der Waals surface area contributed by atoms with Crippen LogP contribution in [0.25, 0.3) is 0 Å². The van der Waals surface area contributed by atoms with E-state index < -0.39 is 18.0 Å². The molecule has 0 spiro atoms. The monoisotopic (exact) mass is 155 g/mol. The van der Waals surface area contributed by atoms with E-state index in [0.29, 0.717) is 6.29 Å². The summed E-state index contributed by atoms with van der Waals surface area (Å²) in [5.74, 6) is -1.12. The molecule has 0 fully saturated rings. The number of nitrogens with zero attached hydrogens (tertiary/aromatic N) is 1. The number of hydrogen-bond donors (Lipinski definition) is 0. The van der Waals surface area contributed by atoms with Crippen LogP contribution in [0.3, 0.4) is 0 Å². The number of aldehydes is 1. The molecule has 60 valence electrons. The van der Waals surface area contributed by atoms with Crippen molar-refractivity contribution in [2.45, 2.75) is 20.0 Å². The van der Waals surface area contributed by atoms with Gasteiger partial charge in [-0.05, 0) is 0 Å². The Morgan fingerprint density at radius 2 is 2.27 bits per heavy atom. The molecule has 0 rings (SSSR count). The second-order valence-electron chi connectivity index (χ2n) is 2.15. The lowest BCUT2D eigenvalue weighted by molar-refractivity contribution is -0.146. The molecular formula is C7H9NO3. The molecule has 0 radical (unpaired) electrons. The van der Waals surface area contributed by atoms with Gasteiger partial charge < -0.3 is 9.53 Å². The van der Waals surface area contributed by atoms with Crippen molar-refractivity contribution in [1.82, 2.24) is 0 Å². The summed E-state index contributed by atoms with van der Waals surface area (Å²) in [5.41, 5.74) is 0. The van der Waals surface area contributed by atoms with Gasteiger partial charge in [0.15, 0.2) is 6.10 Å². The fraction of sp³-hybridized carbons (Fsp3) is 0.571. The van der Waals surface area contributed by atoms with E-state index in [1.165, 1.54) is 13.8 Å². The van der Waals surface area contributed by atoms with Crippen molar-refractivity contribution in [2.24, 2.45) is 5.92 Å². The van der Waals surface area contributed by atoms with Gasteiger partial charge in [-0.2, -0.15) is 5.26 Å². The number of hydrogen-bond acceptors (Lipinski definition) is 4. The Morgan fingerprint density at radius 3 is 2.55 bits per heavy atom. The first-order valence-corrected chi connectivity index (χ1v) is 3.14. The first kappa shape index (κ1) is 9.63. The fourth-order valence-corrected chi connectivity index (χ4v) is 0.501. The van der Waals surface area contributed by atoms with Crippen molar-refractivity contribution in [3.63, 3.8) is 0 Å². The number of carbonyl (C=O) groups excluding carboxylic acids is 2. The van der Waals surface area contributed by atoms with Crippen molar-refractivity contribution < 1.29 is 14.3 Å². The summed E-state index contributed by atoms with van der Waals surface area (Å²) in [6.45, 7) is 2.71. The Balaban J connectivity index is 4.08. The van der Waals surface area contributed by atoms with E-state index in [1.807, 2.05) is 0 Å². The Hall–Kier alpha value is -1.37. The highest BCUT2D eigenvalue weighted by atomic mass is 16.5. The quantitative estimate of drug-likeness (QED) is 0.433. The maximum Gasteiger partial charge on any atom is 0.303 e. The minimum atomic E-state index is -0.954. The molecule has 0 saturated heterocycles. The third-order valence-corrected chi connectivity index (χ3v) is 1.11. The average Bonchev–Trinajstić information content (AvgIpc) is 1.98. The number of rotatable bonds is 3. The molecule has 2 unspecified atom stereocenters. The molecule has 0 saturated carbocycles. The Bertz CT molecular complexity index is 194. The number of esters is 1. The number of carbonyl (C=O) groups is 2. The summed E-state index contributed by atoms with van der Waals surface area (Å²) in [7, 11) is 0. The topological polar surface area (TPSA) is 67.2 Å². The van der Waals surface area contributed by atoms with Gasteiger partial charge in [0, 0.05) is 6.92 Å². The van der Waals surface area contributed by atoms with Crippen LogP contribution in [0.2, 0.25) is 0 Å². The van der Waals surface area contributed by atoms with Gasteiger partial charge in [0.1, 0.15) is 12.4 Å². The predicted molar refractivity (Wildman–Crippen MR) is 36.4 cm³/mol. The highest BCUT2D eigenvalue weighted by Crippen LogP contribution is 2.03. The molecule has 0 aliphatic heterocycles. The SMILES string of the molecule is CC(=O)OC(C#N)C(C)C=O. The van der Waals surface area contributed by atoms with Crippen molar-refractivity contribution in [3.8, 4) is 6.07 Å². The lowest BCUT2D eigenvalue weighted by Gasteiger charge is -2.10. The maximum absolute atomic E-state index is 10.3. The van der Waals surface area contributed by atoms with Gasteiger partial charge in [-0.1, -0.05) is 6.92 Å². The summed E-state index contributed by atoms with van der Waals surface area (Å²) in [6.07, 6.45) is -0.374. The van der Waals surface area contributed by atoms with Crippen LogP contribution < -0.4 is 0 Å². The minimum absolute atomic E-state index is 0.551. The van der Waals surface area contributed by atoms with Crippen molar-refractivity contribution in [1.29, 1.82) is 5.26 Å². The summed E-state index contributed by atoms with van der Waals surface area (Å²) < 4.78 is 4.52. The van der Waals surface area contributed by atoms with E-state index in [9.17, 15) is 9.59 Å². The number of ether oxygens (including phenoxy) is 1. The minimum Gasteiger partial charge on any atom is -0.446 e. The third kappa shape index (κ3) is 3.36. The summed E-state index contributed by atoms with van der Waals surface area (Å²) >= 11 is 0. The summed E-state index contributed by atoms with van der Waals surface area (Å²) in [5, 5.41) is 8.39. The van der Waals surface area contributed by atoms with Crippen LogP contribution in [-0.4, -0.2) is 18.4 Å². The van der Waals surface area contributed by atoms with Crippen LogP contribution in [0, 0.1) is 17.2 Å². The molecule has 4 nitrogen and oxygen atoms in total. The van der Waals surface area contributed by atoms with E-state index in [4.69, 9.17) is 5.26 Å². The Kier molecular flexibility index (Phi) is 3.89. The zero-order chi connectivity index (χ0) is 8.85. The van der Waals surface area contributed by atoms with E-state index in [0.717, 1.165) is 0 Å². The lowest BCUT2D eigenvalue weighted by atomic mass is 10.1. The first-order valence-electron chi connectivity index (χ1n) is 3.14. The maximum atomic E-state index is 10.3. The number of nitriles is 1. The van der Waals surface area contributed by atoms with Crippen LogP contribution >= 0.6 is 0 Å².